The second-order valence-corrected chi connectivity index (χ2v) is 7.06. The summed E-state index contributed by atoms with van der Waals surface area (Å²) >= 11 is 0. The molecule has 0 unspecified atom stereocenters. The zero-order valence-electron chi connectivity index (χ0n) is 16.3. The van der Waals surface area contributed by atoms with Gasteiger partial charge in [-0.05, 0) is 30.3 Å². The van der Waals surface area contributed by atoms with Crippen molar-refractivity contribution in [1.82, 2.24) is 4.90 Å². The van der Waals surface area contributed by atoms with Gasteiger partial charge in [0.05, 0.1) is 37.8 Å². The maximum atomic E-state index is 12.9. The normalized spacial score (nSPS) is 17.1. The summed E-state index contributed by atoms with van der Waals surface area (Å²) in [6.45, 7) is 5.16. The van der Waals surface area contributed by atoms with E-state index in [2.05, 4.69) is 10.2 Å². The fourth-order valence-electron chi connectivity index (χ4n) is 3.60. The lowest BCUT2D eigenvalue weighted by molar-refractivity contribution is 0.0303. The predicted molar refractivity (Wildman–Crippen MR) is 111 cm³/mol. The van der Waals surface area contributed by atoms with Crippen molar-refractivity contribution in [3.63, 3.8) is 0 Å². The fourth-order valence-corrected chi connectivity index (χ4v) is 3.60. The van der Waals surface area contributed by atoms with Gasteiger partial charge in [-0.15, -0.1) is 0 Å². The van der Waals surface area contributed by atoms with Gasteiger partial charge in [0.2, 0.25) is 0 Å². The van der Waals surface area contributed by atoms with E-state index in [0.29, 0.717) is 50.6 Å². The third-order valence-corrected chi connectivity index (χ3v) is 5.17. The van der Waals surface area contributed by atoms with Gasteiger partial charge in [-0.25, -0.2) is 0 Å². The van der Waals surface area contributed by atoms with Crippen molar-refractivity contribution in [2.45, 2.75) is 0 Å². The Morgan fingerprint density at radius 2 is 1.45 bits per heavy atom. The van der Waals surface area contributed by atoms with E-state index in [-0.39, 0.29) is 11.8 Å². The van der Waals surface area contributed by atoms with Crippen LogP contribution in [0.25, 0.3) is 0 Å². The molecule has 0 bridgehead atoms. The van der Waals surface area contributed by atoms with Crippen molar-refractivity contribution in [1.29, 1.82) is 0 Å². The predicted octanol–water partition coefficient (Wildman–Crippen LogP) is 2.25. The van der Waals surface area contributed by atoms with Crippen LogP contribution in [0, 0.1) is 0 Å². The summed E-state index contributed by atoms with van der Waals surface area (Å²) in [4.78, 5) is 29.6. The number of morpholine rings is 2. The molecular formula is C22H25N3O4. The molecule has 7 heteroatoms. The molecule has 29 heavy (non-hydrogen) atoms. The summed E-state index contributed by atoms with van der Waals surface area (Å²) in [7, 11) is 0. The first-order valence-electron chi connectivity index (χ1n) is 9.92. The molecule has 2 aromatic carbocycles. The molecule has 2 saturated heterocycles. The molecule has 2 aromatic rings. The number of nitrogens with one attached hydrogen (secondary N) is 1. The zero-order chi connectivity index (χ0) is 20.1. The number of benzene rings is 2. The molecule has 2 heterocycles. The molecule has 0 aliphatic carbocycles. The number of para-hydroxylation sites is 2. The highest BCUT2D eigenvalue weighted by Gasteiger charge is 2.20. The third kappa shape index (κ3) is 4.58. The molecule has 0 saturated carbocycles. The monoisotopic (exact) mass is 395 g/mol. The standard InChI is InChI=1S/C22H25N3O4/c26-21(23-19-6-1-2-7-20(19)24-8-12-28-13-9-24)17-4-3-5-18(16-17)22(27)25-10-14-29-15-11-25/h1-7,16H,8-15H2,(H,23,26). The van der Waals surface area contributed by atoms with Crippen LogP contribution in [-0.2, 0) is 9.47 Å². The van der Waals surface area contributed by atoms with Crippen molar-refractivity contribution >= 4 is 23.2 Å². The summed E-state index contributed by atoms with van der Waals surface area (Å²) in [5, 5.41) is 3.00. The fraction of sp³-hybridized carbons (Fsp3) is 0.364. The highest BCUT2D eigenvalue weighted by Crippen LogP contribution is 2.27. The molecule has 2 aliphatic heterocycles. The lowest BCUT2D eigenvalue weighted by Gasteiger charge is -2.30. The van der Waals surface area contributed by atoms with E-state index in [1.54, 1.807) is 29.2 Å². The molecule has 0 atom stereocenters. The van der Waals surface area contributed by atoms with Crippen LogP contribution in [0.4, 0.5) is 11.4 Å². The number of carbonyl (C=O) groups is 2. The van der Waals surface area contributed by atoms with Crippen LogP contribution in [0.2, 0.25) is 0 Å². The largest absolute Gasteiger partial charge is 0.378 e. The van der Waals surface area contributed by atoms with E-state index < -0.39 is 0 Å². The molecule has 4 rings (SSSR count). The Kier molecular flexibility index (Phi) is 6.07. The minimum absolute atomic E-state index is 0.0725. The molecule has 2 amide bonds. The van der Waals surface area contributed by atoms with Crippen LogP contribution in [-0.4, -0.2) is 69.3 Å². The number of hydrogen-bond acceptors (Lipinski definition) is 5. The number of rotatable bonds is 4. The quantitative estimate of drug-likeness (QED) is 0.860. The summed E-state index contributed by atoms with van der Waals surface area (Å²) in [5.41, 5.74) is 2.70. The van der Waals surface area contributed by atoms with Gasteiger partial charge in [-0.3, -0.25) is 9.59 Å². The molecule has 152 valence electrons. The second-order valence-electron chi connectivity index (χ2n) is 7.06. The van der Waals surface area contributed by atoms with Crippen molar-refractivity contribution in [2.75, 3.05) is 62.8 Å². The van der Waals surface area contributed by atoms with Crippen molar-refractivity contribution < 1.29 is 19.1 Å². The summed E-state index contributed by atoms with van der Waals surface area (Å²) < 4.78 is 10.7. The highest BCUT2D eigenvalue weighted by atomic mass is 16.5. The summed E-state index contributed by atoms with van der Waals surface area (Å²) in [6.07, 6.45) is 0. The number of carbonyl (C=O) groups excluding carboxylic acids is 2. The van der Waals surface area contributed by atoms with E-state index in [0.717, 1.165) is 24.5 Å². The molecule has 1 N–H and O–H groups in total. The Labute approximate surface area is 170 Å². The SMILES string of the molecule is O=C(Nc1ccccc1N1CCOCC1)c1cccc(C(=O)N2CCOCC2)c1. The van der Waals surface area contributed by atoms with Gasteiger partial charge < -0.3 is 24.6 Å². The number of anilines is 2. The Morgan fingerprint density at radius 3 is 2.21 bits per heavy atom. The van der Waals surface area contributed by atoms with E-state index >= 15 is 0 Å². The van der Waals surface area contributed by atoms with Crippen LogP contribution in [0.5, 0.6) is 0 Å². The van der Waals surface area contributed by atoms with Gasteiger partial charge >= 0.3 is 0 Å². The number of nitrogens with zero attached hydrogens (tertiary/aromatic N) is 2. The van der Waals surface area contributed by atoms with Crippen molar-refractivity contribution in [2.24, 2.45) is 0 Å². The Morgan fingerprint density at radius 1 is 0.793 bits per heavy atom. The highest BCUT2D eigenvalue weighted by molar-refractivity contribution is 6.07. The van der Waals surface area contributed by atoms with Gasteiger partial charge in [0.15, 0.2) is 0 Å². The average Bonchev–Trinajstić information content (AvgIpc) is 2.80. The number of amides is 2. The van der Waals surface area contributed by atoms with E-state index in [4.69, 9.17) is 9.47 Å². The molecule has 2 aliphatic rings. The van der Waals surface area contributed by atoms with Gasteiger partial charge in [0.25, 0.3) is 11.8 Å². The van der Waals surface area contributed by atoms with E-state index in [9.17, 15) is 9.59 Å². The lowest BCUT2D eigenvalue weighted by atomic mass is 10.1. The second kappa shape index (κ2) is 9.07. The third-order valence-electron chi connectivity index (χ3n) is 5.17. The zero-order valence-corrected chi connectivity index (χ0v) is 16.3. The van der Waals surface area contributed by atoms with Gasteiger partial charge in [0, 0.05) is 37.3 Å². The smallest absolute Gasteiger partial charge is 0.255 e. The Balaban J connectivity index is 1.50. The molecule has 0 radical (unpaired) electrons. The van der Waals surface area contributed by atoms with Gasteiger partial charge in [-0.2, -0.15) is 0 Å². The maximum absolute atomic E-state index is 12.9. The van der Waals surface area contributed by atoms with Crippen LogP contribution >= 0.6 is 0 Å². The van der Waals surface area contributed by atoms with Crippen LogP contribution in [0.3, 0.4) is 0 Å². The molecule has 2 fully saturated rings. The Hall–Kier alpha value is -2.90. The minimum atomic E-state index is -0.234. The Bertz CT molecular complexity index is 874. The summed E-state index contributed by atoms with van der Waals surface area (Å²) in [6, 6.07) is 14.6. The molecule has 7 nitrogen and oxygen atoms in total. The van der Waals surface area contributed by atoms with Crippen molar-refractivity contribution in [3.8, 4) is 0 Å². The van der Waals surface area contributed by atoms with Gasteiger partial charge in [-0.1, -0.05) is 18.2 Å². The van der Waals surface area contributed by atoms with Crippen molar-refractivity contribution in [3.05, 3.63) is 59.7 Å². The summed E-state index contributed by atoms with van der Waals surface area (Å²) in [5.74, 6) is -0.306. The number of ether oxygens (including phenoxy) is 2. The first-order chi connectivity index (χ1) is 14.2. The average molecular weight is 395 g/mol. The number of hydrogen-bond donors (Lipinski definition) is 1. The van der Waals surface area contributed by atoms with E-state index in [1.165, 1.54) is 0 Å². The lowest BCUT2D eigenvalue weighted by Crippen LogP contribution is -2.40. The molecular weight excluding hydrogens is 370 g/mol. The van der Waals surface area contributed by atoms with Crippen LogP contribution in [0.1, 0.15) is 20.7 Å². The first-order valence-corrected chi connectivity index (χ1v) is 9.92. The van der Waals surface area contributed by atoms with Gasteiger partial charge in [0.1, 0.15) is 0 Å². The van der Waals surface area contributed by atoms with Crippen LogP contribution < -0.4 is 10.2 Å². The topological polar surface area (TPSA) is 71.1 Å². The first kappa shape index (κ1) is 19.4. The van der Waals surface area contributed by atoms with E-state index in [1.807, 2.05) is 24.3 Å². The maximum Gasteiger partial charge on any atom is 0.255 e. The van der Waals surface area contributed by atoms with Crippen LogP contribution in [0.15, 0.2) is 48.5 Å². The minimum Gasteiger partial charge on any atom is -0.378 e. The molecule has 0 aromatic heterocycles. The molecule has 0 spiro atoms.